The van der Waals surface area contributed by atoms with Gasteiger partial charge in [0.05, 0.1) is 6.10 Å². The molecule has 0 heterocycles. The monoisotopic (exact) mass is 388 g/mol. The molecule has 4 aliphatic carbocycles. The molecule has 1 heteroatoms. The van der Waals surface area contributed by atoms with Gasteiger partial charge in [-0.1, -0.05) is 66.7 Å². The minimum atomic E-state index is -0.0590. The van der Waals surface area contributed by atoms with Gasteiger partial charge in [-0.2, -0.15) is 0 Å². The largest absolute Gasteiger partial charge is 0.393 e. The van der Waals surface area contributed by atoms with E-state index in [1.54, 1.807) is 0 Å². The highest BCUT2D eigenvalue weighted by Gasteiger charge is 2.63. The zero-order valence-corrected chi connectivity index (χ0v) is 19.6. The highest BCUT2D eigenvalue weighted by atomic mass is 16.3. The molecule has 28 heavy (non-hydrogen) atoms. The Balaban J connectivity index is 1.52. The Kier molecular flexibility index (Phi) is 5.98. The van der Waals surface area contributed by atoms with E-state index < -0.39 is 0 Å². The van der Waals surface area contributed by atoms with E-state index in [2.05, 4.69) is 34.6 Å². The second-order valence-corrected chi connectivity index (χ2v) is 12.5. The number of aliphatic hydroxyl groups is 1. The first-order valence-corrected chi connectivity index (χ1v) is 13.0. The van der Waals surface area contributed by atoms with Gasteiger partial charge in [-0.05, 0) is 97.2 Å². The van der Waals surface area contributed by atoms with Gasteiger partial charge in [-0.3, -0.25) is 0 Å². The fraction of sp³-hybridized carbons (Fsp3) is 1.00. The van der Waals surface area contributed by atoms with Gasteiger partial charge in [0, 0.05) is 0 Å². The molecule has 9 atom stereocenters. The fourth-order valence-corrected chi connectivity index (χ4v) is 9.27. The van der Waals surface area contributed by atoms with Crippen LogP contribution < -0.4 is 0 Å². The van der Waals surface area contributed by atoms with Crippen LogP contribution in [-0.4, -0.2) is 11.2 Å². The van der Waals surface area contributed by atoms with E-state index >= 15 is 0 Å². The molecule has 0 aliphatic heterocycles. The highest BCUT2D eigenvalue weighted by molar-refractivity contribution is 5.12. The summed E-state index contributed by atoms with van der Waals surface area (Å²) in [5.41, 5.74) is 0.723. The second kappa shape index (κ2) is 7.90. The van der Waals surface area contributed by atoms with Crippen LogP contribution in [0.25, 0.3) is 0 Å². The Bertz CT molecular complexity index is 540. The van der Waals surface area contributed by atoms with Crippen LogP contribution in [0.1, 0.15) is 112 Å². The highest BCUT2D eigenvalue weighted by Crippen LogP contribution is 2.68. The van der Waals surface area contributed by atoms with Crippen molar-refractivity contribution < 1.29 is 5.11 Å². The van der Waals surface area contributed by atoms with Crippen LogP contribution in [0.15, 0.2) is 0 Å². The molecule has 4 fully saturated rings. The summed E-state index contributed by atoms with van der Waals surface area (Å²) in [6.07, 6.45) is 16.7. The van der Waals surface area contributed by atoms with Gasteiger partial charge < -0.3 is 5.11 Å². The summed E-state index contributed by atoms with van der Waals surface area (Å²) in [7, 11) is 0. The Hall–Kier alpha value is -0.0400. The van der Waals surface area contributed by atoms with Crippen molar-refractivity contribution in [2.75, 3.05) is 0 Å². The van der Waals surface area contributed by atoms with E-state index in [1.807, 2.05) is 0 Å². The third kappa shape index (κ3) is 3.30. The number of aliphatic hydroxyl groups excluding tert-OH is 1. The van der Waals surface area contributed by atoms with Crippen LogP contribution in [0, 0.1) is 52.3 Å². The predicted octanol–water partition coefficient (Wildman–Crippen LogP) is 7.47. The van der Waals surface area contributed by atoms with Gasteiger partial charge in [0.15, 0.2) is 0 Å². The van der Waals surface area contributed by atoms with Crippen molar-refractivity contribution >= 4 is 0 Å². The maximum atomic E-state index is 11.6. The van der Waals surface area contributed by atoms with Crippen molar-refractivity contribution in [1.29, 1.82) is 0 Å². The Morgan fingerprint density at radius 1 is 0.893 bits per heavy atom. The predicted molar refractivity (Wildman–Crippen MR) is 119 cm³/mol. The van der Waals surface area contributed by atoms with Crippen molar-refractivity contribution in [2.24, 2.45) is 52.3 Å². The molecular weight excluding hydrogens is 340 g/mol. The van der Waals surface area contributed by atoms with E-state index in [0.29, 0.717) is 5.41 Å². The molecule has 0 spiro atoms. The van der Waals surface area contributed by atoms with Gasteiger partial charge in [-0.15, -0.1) is 0 Å². The number of rotatable bonds is 5. The first kappa shape index (κ1) is 21.2. The molecule has 0 aromatic rings. The molecule has 0 aromatic carbocycles. The van der Waals surface area contributed by atoms with E-state index in [9.17, 15) is 5.11 Å². The topological polar surface area (TPSA) is 20.2 Å². The fourth-order valence-electron chi connectivity index (χ4n) is 9.27. The van der Waals surface area contributed by atoms with Crippen molar-refractivity contribution in [2.45, 2.75) is 118 Å². The lowest BCUT2D eigenvalue weighted by atomic mass is 9.44. The maximum Gasteiger partial charge on any atom is 0.0602 e. The summed E-state index contributed by atoms with van der Waals surface area (Å²) in [6.45, 7) is 12.4. The van der Waals surface area contributed by atoms with Crippen molar-refractivity contribution in [3.05, 3.63) is 0 Å². The van der Waals surface area contributed by atoms with Crippen molar-refractivity contribution in [1.82, 2.24) is 0 Å². The first-order valence-electron chi connectivity index (χ1n) is 13.0. The molecule has 0 bridgehead atoms. The minimum Gasteiger partial charge on any atom is -0.393 e. The Morgan fingerprint density at radius 2 is 1.68 bits per heavy atom. The summed E-state index contributed by atoms with van der Waals surface area (Å²) < 4.78 is 0. The third-order valence-corrected chi connectivity index (χ3v) is 10.9. The van der Waals surface area contributed by atoms with Gasteiger partial charge >= 0.3 is 0 Å². The van der Waals surface area contributed by atoms with Crippen LogP contribution >= 0.6 is 0 Å². The second-order valence-electron chi connectivity index (χ2n) is 12.5. The summed E-state index contributed by atoms with van der Waals surface area (Å²) in [4.78, 5) is 0. The molecule has 4 aliphatic rings. The number of hydrogen-bond donors (Lipinski definition) is 1. The quantitative estimate of drug-likeness (QED) is 0.518. The lowest BCUT2D eigenvalue weighted by Crippen LogP contribution is -2.58. The van der Waals surface area contributed by atoms with E-state index in [4.69, 9.17) is 0 Å². The maximum absolute atomic E-state index is 11.6. The average molecular weight is 389 g/mol. The Morgan fingerprint density at radius 3 is 2.43 bits per heavy atom. The molecular formula is C27H48O. The van der Waals surface area contributed by atoms with Crippen LogP contribution in [-0.2, 0) is 0 Å². The SMILES string of the molecule is CC(C)CCC[C@@H](C)[C@H]1CC[C@H]2[C@@H]3CCC4CCCC[C@]4(C)[C@H]3CC(O)[C@]12C. The van der Waals surface area contributed by atoms with Gasteiger partial charge in [0.2, 0.25) is 0 Å². The van der Waals surface area contributed by atoms with E-state index in [1.165, 1.54) is 70.6 Å². The van der Waals surface area contributed by atoms with Gasteiger partial charge in [0.25, 0.3) is 0 Å². The minimum absolute atomic E-state index is 0.0590. The van der Waals surface area contributed by atoms with Gasteiger partial charge in [-0.25, -0.2) is 0 Å². The molecule has 4 rings (SSSR count). The normalized spacial score (nSPS) is 49.4. The summed E-state index contributed by atoms with van der Waals surface area (Å²) >= 11 is 0. The summed E-state index contributed by atoms with van der Waals surface area (Å²) in [6, 6.07) is 0. The number of fused-ring (bicyclic) bond motifs is 5. The smallest absolute Gasteiger partial charge is 0.0602 e. The number of hydrogen-bond acceptors (Lipinski definition) is 1. The average Bonchev–Trinajstić information content (AvgIpc) is 3.01. The third-order valence-electron chi connectivity index (χ3n) is 10.9. The van der Waals surface area contributed by atoms with Crippen LogP contribution in [0.3, 0.4) is 0 Å². The molecule has 162 valence electrons. The van der Waals surface area contributed by atoms with Gasteiger partial charge in [0.1, 0.15) is 0 Å². The van der Waals surface area contributed by atoms with Crippen LogP contribution in [0.4, 0.5) is 0 Å². The van der Waals surface area contributed by atoms with E-state index in [-0.39, 0.29) is 11.5 Å². The van der Waals surface area contributed by atoms with Crippen LogP contribution in [0.5, 0.6) is 0 Å². The molecule has 0 amide bonds. The molecule has 0 saturated heterocycles. The Labute approximate surface area is 175 Å². The molecule has 0 radical (unpaired) electrons. The summed E-state index contributed by atoms with van der Waals surface area (Å²) in [5, 5.41) is 11.6. The standard InChI is InChI=1S/C27H48O/c1-18(2)9-8-10-19(3)22-14-15-23-21-13-12-20-11-6-7-16-26(20,4)24(21)17-25(28)27(22,23)5/h18-25,28H,6-17H2,1-5H3/t19-,20?,21+,22-,23+,24+,25?,26+,27-/m1/s1. The molecule has 1 N–H and O–H groups in total. The van der Waals surface area contributed by atoms with E-state index in [0.717, 1.165) is 47.8 Å². The first-order chi connectivity index (χ1) is 13.3. The summed E-state index contributed by atoms with van der Waals surface area (Å²) in [5.74, 6) is 5.80. The molecule has 0 aromatic heterocycles. The van der Waals surface area contributed by atoms with Crippen LogP contribution in [0.2, 0.25) is 0 Å². The lowest BCUT2D eigenvalue weighted by molar-refractivity contribution is -0.168. The van der Waals surface area contributed by atoms with Crippen molar-refractivity contribution in [3.8, 4) is 0 Å². The van der Waals surface area contributed by atoms with Crippen molar-refractivity contribution in [3.63, 3.8) is 0 Å². The molecule has 4 saturated carbocycles. The molecule has 1 nitrogen and oxygen atoms in total. The zero-order chi connectivity index (χ0) is 20.1. The lowest BCUT2D eigenvalue weighted by Gasteiger charge is -2.62. The zero-order valence-electron chi connectivity index (χ0n) is 19.6. The molecule has 2 unspecified atom stereocenters.